The van der Waals surface area contributed by atoms with E-state index >= 15 is 0 Å². The molecule has 0 radical (unpaired) electrons. The average Bonchev–Trinajstić information content (AvgIpc) is 3.29. The van der Waals surface area contributed by atoms with Gasteiger partial charge in [-0.2, -0.15) is 0 Å². The van der Waals surface area contributed by atoms with Gasteiger partial charge in [0.25, 0.3) is 0 Å². The molecular formula is C58H109NO5. The lowest BCUT2D eigenvalue weighted by Crippen LogP contribution is -2.45. The third-order valence-corrected chi connectivity index (χ3v) is 12.9. The summed E-state index contributed by atoms with van der Waals surface area (Å²) in [6, 6.07) is -0.632. The van der Waals surface area contributed by atoms with Gasteiger partial charge in [0.1, 0.15) is 0 Å². The molecule has 0 aliphatic rings. The van der Waals surface area contributed by atoms with Crippen LogP contribution in [0, 0.1) is 0 Å². The molecule has 64 heavy (non-hydrogen) atoms. The Balaban J connectivity index is 3.46. The molecule has 3 N–H and O–H groups in total. The Bertz CT molecular complexity index is 1040. The van der Waals surface area contributed by atoms with Crippen molar-refractivity contribution in [3.8, 4) is 0 Å². The Morgan fingerprint density at radius 2 is 0.797 bits per heavy atom. The fraction of sp³-hybridized carbons (Fsp3) is 0.862. The van der Waals surface area contributed by atoms with Gasteiger partial charge in [-0.15, -0.1) is 0 Å². The van der Waals surface area contributed by atoms with Crippen molar-refractivity contribution in [2.45, 2.75) is 309 Å². The first-order chi connectivity index (χ1) is 31.5. The van der Waals surface area contributed by atoms with Crippen molar-refractivity contribution in [1.29, 1.82) is 0 Å². The number of esters is 1. The third-order valence-electron chi connectivity index (χ3n) is 12.9. The number of rotatable bonds is 52. The summed E-state index contributed by atoms with van der Waals surface area (Å²) >= 11 is 0. The first-order valence-electron chi connectivity index (χ1n) is 28.3. The summed E-state index contributed by atoms with van der Waals surface area (Å²) in [5, 5.41) is 23.1. The normalized spacial score (nSPS) is 12.9. The summed E-state index contributed by atoms with van der Waals surface area (Å²) in [6.07, 6.45) is 65.8. The smallest absolute Gasteiger partial charge is 0.305 e. The van der Waals surface area contributed by atoms with Crippen molar-refractivity contribution < 1.29 is 24.5 Å². The predicted octanol–water partition coefficient (Wildman–Crippen LogP) is 17.2. The summed E-state index contributed by atoms with van der Waals surface area (Å²) in [5.74, 6) is -0.0833. The number of amides is 1. The number of carbonyl (C=O) groups is 2. The molecule has 0 saturated heterocycles. The van der Waals surface area contributed by atoms with Crippen LogP contribution in [0.4, 0.5) is 0 Å². The Morgan fingerprint density at radius 3 is 1.23 bits per heavy atom. The van der Waals surface area contributed by atoms with Crippen LogP contribution in [0.25, 0.3) is 0 Å². The zero-order valence-electron chi connectivity index (χ0n) is 42.8. The monoisotopic (exact) mass is 900 g/mol. The molecule has 0 aromatic carbocycles. The van der Waals surface area contributed by atoms with Gasteiger partial charge in [0.05, 0.1) is 25.4 Å². The van der Waals surface area contributed by atoms with Gasteiger partial charge in [0.15, 0.2) is 0 Å². The highest BCUT2D eigenvalue weighted by molar-refractivity contribution is 5.76. The SMILES string of the molecule is CCCC/C=C\C/C=C\CCCCCCCC(=O)OCCCCCCCCCCCCCCCCCCCC(=O)NC(CO)C(O)/C=C/CCCCCCCCCCCCCCCC. The van der Waals surface area contributed by atoms with Crippen LogP contribution < -0.4 is 5.32 Å². The van der Waals surface area contributed by atoms with Gasteiger partial charge < -0.3 is 20.3 Å². The van der Waals surface area contributed by atoms with Crippen molar-refractivity contribution in [2.75, 3.05) is 13.2 Å². The van der Waals surface area contributed by atoms with E-state index in [2.05, 4.69) is 43.5 Å². The zero-order valence-corrected chi connectivity index (χ0v) is 42.8. The molecule has 0 aliphatic carbocycles. The van der Waals surface area contributed by atoms with Gasteiger partial charge in [0.2, 0.25) is 5.91 Å². The molecule has 376 valence electrons. The second kappa shape index (κ2) is 53.7. The Hall–Kier alpha value is -1.92. The average molecular weight is 901 g/mol. The number of aliphatic hydroxyl groups is 2. The van der Waals surface area contributed by atoms with Crippen molar-refractivity contribution in [3.63, 3.8) is 0 Å². The molecule has 0 aromatic rings. The van der Waals surface area contributed by atoms with Crippen LogP contribution in [0.3, 0.4) is 0 Å². The number of nitrogens with one attached hydrogen (secondary N) is 1. The summed E-state index contributed by atoms with van der Waals surface area (Å²) in [6.45, 7) is 4.85. The molecule has 6 heteroatoms. The lowest BCUT2D eigenvalue weighted by molar-refractivity contribution is -0.143. The number of aliphatic hydroxyl groups excluding tert-OH is 2. The molecule has 6 nitrogen and oxygen atoms in total. The standard InChI is InChI=1S/C58H109NO5/c1-3-5-7-9-11-13-15-17-19-23-26-30-34-38-42-46-50-56(61)55(54-60)59-57(62)51-47-43-39-35-31-27-24-21-20-22-25-29-33-37-41-45-49-53-64-58(63)52-48-44-40-36-32-28-18-16-14-12-10-8-6-4-2/h10,12,16,18,46,50,55-56,60-61H,3-9,11,13-15,17,19-45,47-49,51-54H2,1-2H3,(H,59,62)/b12-10-,18-16-,50-46+. The molecule has 0 aromatic heterocycles. The molecular weight excluding hydrogens is 791 g/mol. The summed E-state index contributed by atoms with van der Waals surface area (Å²) in [5.41, 5.74) is 0. The van der Waals surface area contributed by atoms with E-state index in [0.29, 0.717) is 19.4 Å². The molecule has 0 spiro atoms. The van der Waals surface area contributed by atoms with Gasteiger partial charge in [-0.25, -0.2) is 0 Å². The molecule has 0 heterocycles. The maximum Gasteiger partial charge on any atom is 0.305 e. The molecule has 2 atom stereocenters. The lowest BCUT2D eigenvalue weighted by atomic mass is 10.0. The highest BCUT2D eigenvalue weighted by Crippen LogP contribution is 2.16. The minimum Gasteiger partial charge on any atom is -0.466 e. The molecule has 0 rings (SSSR count). The van der Waals surface area contributed by atoms with E-state index in [-0.39, 0.29) is 18.5 Å². The lowest BCUT2D eigenvalue weighted by Gasteiger charge is -2.20. The van der Waals surface area contributed by atoms with Crippen LogP contribution >= 0.6 is 0 Å². The summed E-state index contributed by atoms with van der Waals surface area (Å²) < 4.78 is 5.46. The number of hydrogen-bond donors (Lipinski definition) is 3. The van der Waals surface area contributed by atoms with Crippen molar-refractivity contribution in [2.24, 2.45) is 0 Å². The number of unbranched alkanes of at least 4 members (excludes halogenated alkanes) is 37. The fourth-order valence-electron chi connectivity index (χ4n) is 8.53. The van der Waals surface area contributed by atoms with Crippen molar-refractivity contribution >= 4 is 11.9 Å². The molecule has 2 unspecified atom stereocenters. The number of allylic oxidation sites excluding steroid dienone is 5. The minimum absolute atomic E-state index is 0.0104. The highest BCUT2D eigenvalue weighted by atomic mass is 16.5. The Labute approximate surface area is 398 Å². The quantitative estimate of drug-likeness (QED) is 0.0321. The van der Waals surface area contributed by atoms with E-state index in [1.54, 1.807) is 6.08 Å². The van der Waals surface area contributed by atoms with E-state index in [9.17, 15) is 19.8 Å². The Morgan fingerprint density at radius 1 is 0.438 bits per heavy atom. The number of carbonyl (C=O) groups excluding carboxylic acids is 2. The topological polar surface area (TPSA) is 95.9 Å². The highest BCUT2D eigenvalue weighted by Gasteiger charge is 2.18. The van der Waals surface area contributed by atoms with E-state index < -0.39 is 12.1 Å². The maximum atomic E-state index is 12.5. The zero-order chi connectivity index (χ0) is 46.5. The minimum atomic E-state index is -0.848. The van der Waals surface area contributed by atoms with Gasteiger partial charge >= 0.3 is 5.97 Å². The molecule has 1 amide bonds. The summed E-state index contributed by atoms with van der Waals surface area (Å²) in [4.78, 5) is 24.5. The van der Waals surface area contributed by atoms with Crippen molar-refractivity contribution in [1.82, 2.24) is 5.32 Å². The molecule has 0 fully saturated rings. The number of ether oxygens (including phenoxy) is 1. The van der Waals surface area contributed by atoms with E-state index in [1.165, 1.54) is 218 Å². The van der Waals surface area contributed by atoms with Gasteiger partial charge in [-0.1, -0.05) is 262 Å². The fourth-order valence-corrected chi connectivity index (χ4v) is 8.53. The van der Waals surface area contributed by atoms with Crippen LogP contribution in [0.15, 0.2) is 36.5 Å². The van der Waals surface area contributed by atoms with Crippen LogP contribution in [0.1, 0.15) is 296 Å². The van der Waals surface area contributed by atoms with Crippen molar-refractivity contribution in [3.05, 3.63) is 36.5 Å². The molecule has 0 bridgehead atoms. The second-order valence-corrected chi connectivity index (χ2v) is 19.3. The van der Waals surface area contributed by atoms with Crippen LogP contribution in [-0.4, -0.2) is 47.4 Å². The van der Waals surface area contributed by atoms with Crippen LogP contribution in [0.2, 0.25) is 0 Å². The first-order valence-corrected chi connectivity index (χ1v) is 28.3. The number of hydrogen-bond acceptors (Lipinski definition) is 5. The molecule has 0 saturated carbocycles. The largest absolute Gasteiger partial charge is 0.466 e. The second-order valence-electron chi connectivity index (χ2n) is 19.3. The van der Waals surface area contributed by atoms with Gasteiger partial charge in [0, 0.05) is 12.8 Å². The van der Waals surface area contributed by atoms with Gasteiger partial charge in [-0.05, 0) is 57.8 Å². The van der Waals surface area contributed by atoms with E-state index in [1.807, 2.05) is 6.08 Å². The molecule has 0 aliphatic heterocycles. The third kappa shape index (κ3) is 49.5. The van der Waals surface area contributed by atoms with Gasteiger partial charge in [-0.3, -0.25) is 9.59 Å². The van der Waals surface area contributed by atoms with E-state index in [0.717, 1.165) is 51.4 Å². The maximum absolute atomic E-state index is 12.5. The van der Waals surface area contributed by atoms with E-state index in [4.69, 9.17) is 4.74 Å². The predicted molar refractivity (Wildman–Crippen MR) is 278 cm³/mol. The first kappa shape index (κ1) is 62.1. The van der Waals surface area contributed by atoms with Crippen LogP contribution in [-0.2, 0) is 14.3 Å². The van der Waals surface area contributed by atoms with Crippen LogP contribution in [0.5, 0.6) is 0 Å². The summed E-state index contributed by atoms with van der Waals surface area (Å²) in [7, 11) is 0. The Kier molecular flexibility index (Phi) is 52.1.